The molecule has 4 nitrogen and oxygen atoms in total. The van der Waals surface area contributed by atoms with Crippen molar-refractivity contribution in [3.05, 3.63) is 23.9 Å². The highest BCUT2D eigenvalue weighted by atomic mass is 16.2. The predicted octanol–water partition coefficient (Wildman–Crippen LogP) is 0.679. The van der Waals surface area contributed by atoms with Crippen LogP contribution in [0.15, 0.2) is 18.3 Å². The second-order valence-electron chi connectivity index (χ2n) is 3.17. The SMILES string of the molecule is C#CCC(N)C(=O)Nc1ncccc1C. The van der Waals surface area contributed by atoms with Crippen molar-refractivity contribution < 1.29 is 4.79 Å². The molecule has 1 rings (SSSR count). The summed E-state index contributed by atoms with van der Waals surface area (Å²) in [4.78, 5) is 15.5. The van der Waals surface area contributed by atoms with Gasteiger partial charge in [-0.05, 0) is 18.6 Å². The Kier molecular flexibility index (Phi) is 3.83. The van der Waals surface area contributed by atoms with Crippen LogP contribution in [0.5, 0.6) is 0 Å². The Morgan fingerprint density at radius 2 is 2.53 bits per heavy atom. The van der Waals surface area contributed by atoms with E-state index in [2.05, 4.69) is 16.2 Å². The summed E-state index contributed by atoms with van der Waals surface area (Å²) < 4.78 is 0. The van der Waals surface area contributed by atoms with Gasteiger partial charge in [-0.1, -0.05) is 6.07 Å². The molecule has 1 atom stereocenters. The van der Waals surface area contributed by atoms with Gasteiger partial charge in [0.25, 0.3) is 0 Å². The predicted molar refractivity (Wildman–Crippen MR) is 59.0 cm³/mol. The summed E-state index contributed by atoms with van der Waals surface area (Å²) in [5, 5.41) is 2.62. The molecule has 0 aromatic carbocycles. The summed E-state index contributed by atoms with van der Waals surface area (Å²) in [6.07, 6.45) is 6.89. The van der Waals surface area contributed by atoms with Crippen LogP contribution in [0, 0.1) is 19.3 Å². The zero-order chi connectivity index (χ0) is 11.3. The van der Waals surface area contributed by atoms with Crippen molar-refractivity contribution in [1.82, 2.24) is 4.98 Å². The first-order valence-electron chi connectivity index (χ1n) is 4.56. The first-order chi connectivity index (χ1) is 7.15. The molecule has 0 bridgehead atoms. The zero-order valence-electron chi connectivity index (χ0n) is 8.53. The van der Waals surface area contributed by atoms with Crippen LogP contribution in [-0.2, 0) is 4.79 Å². The third-order valence-corrected chi connectivity index (χ3v) is 1.93. The molecular weight excluding hydrogens is 190 g/mol. The lowest BCUT2D eigenvalue weighted by Gasteiger charge is -2.10. The fraction of sp³-hybridized carbons (Fsp3) is 0.273. The highest BCUT2D eigenvalue weighted by molar-refractivity contribution is 5.94. The van der Waals surface area contributed by atoms with Crippen LogP contribution in [0.1, 0.15) is 12.0 Å². The smallest absolute Gasteiger partial charge is 0.243 e. The molecule has 0 saturated carbocycles. The van der Waals surface area contributed by atoms with Gasteiger partial charge in [-0.25, -0.2) is 4.98 Å². The van der Waals surface area contributed by atoms with Crippen LogP contribution in [0.3, 0.4) is 0 Å². The number of amides is 1. The Labute approximate surface area is 88.9 Å². The van der Waals surface area contributed by atoms with Crippen molar-refractivity contribution in [2.75, 3.05) is 5.32 Å². The number of nitrogens with one attached hydrogen (secondary N) is 1. The Morgan fingerprint density at radius 1 is 1.80 bits per heavy atom. The summed E-state index contributed by atoms with van der Waals surface area (Å²) in [6.45, 7) is 1.86. The molecule has 0 aliphatic heterocycles. The van der Waals surface area contributed by atoms with E-state index in [0.717, 1.165) is 5.56 Å². The zero-order valence-corrected chi connectivity index (χ0v) is 8.53. The molecule has 4 heteroatoms. The van der Waals surface area contributed by atoms with Gasteiger partial charge in [-0.2, -0.15) is 0 Å². The average molecular weight is 203 g/mol. The third kappa shape index (κ3) is 3.08. The van der Waals surface area contributed by atoms with E-state index in [1.165, 1.54) is 0 Å². The number of nitrogens with two attached hydrogens (primary N) is 1. The maximum atomic E-state index is 11.5. The quantitative estimate of drug-likeness (QED) is 0.710. The third-order valence-electron chi connectivity index (χ3n) is 1.93. The number of hydrogen-bond acceptors (Lipinski definition) is 3. The minimum absolute atomic E-state index is 0.220. The highest BCUT2D eigenvalue weighted by Crippen LogP contribution is 2.09. The molecule has 1 unspecified atom stereocenters. The van der Waals surface area contributed by atoms with Crippen LogP contribution < -0.4 is 11.1 Å². The van der Waals surface area contributed by atoms with Crippen molar-refractivity contribution in [2.24, 2.45) is 5.73 Å². The van der Waals surface area contributed by atoms with E-state index in [-0.39, 0.29) is 12.3 Å². The van der Waals surface area contributed by atoms with Gasteiger partial charge in [0.15, 0.2) is 0 Å². The Bertz CT molecular complexity index is 395. The molecule has 0 saturated heterocycles. The van der Waals surface area contributed by atoms with Gasteiger partial charge >= 0.3 is 0 Å². The van der Waals surface area contributed by atoms with E-state index in [4.69, 9.17) is 12.2 Å². The molecule has 1 heterocycles. The lowest BCUT2D eigenvalue weighted by atomic mass is 10.2. The molecular formula is C11H13N3O. The van der Waals surface area contributed by atoms with Gasteiger partial charge in [-0.3, -0.25) is 4.79 Å². The Balaban J connectivity index is 2.67. The number of carbonyl (C=O) groups is 1. The van der Waals surface area contributed by atoms with Gasteiger partial charge in [0.05, 0.1) is 6.04 Å². The number of hydrogen-bond donors (Lipinski definition) is 2. The molecule has 0 aliphatic rings. The lowest BCUT2D eigenvalue weighted by molar-refractivity contribution is -0.117. The average Bonchev–Trinajstić information content (AvgIpc) is 2.21. The van der Waals surface area contributed by atoms with Gasteiger partial charge in [0, 0.05) is 12.6 Å². The van der Waals surface area contributed by atoms with Crippen LogP contribution in [-0.4, -0.2) is 16.9 Å². The van der Waals surface area contributed by atoms with Gasteiger partial charge in [-0.15, -0.1) is 12.3 Å². The molecule has 0 aliphatic carbocycles. The first-order valence-corrected chi connectivity index (χ1v) is 4.56. The second kappa shape index (κ2) is 5.13. The normalized spacial score (nSPS) is 11.5. The van der Waals surface area contributed by atoms with Crippen molar-refractivity contribution in [2.45, 2.75) is 19.4 Å². The van der Waals surface area contributed by atoms with E-state index in [1.54, 1.807) is 12.3 Å². The number of aryl methyl sites for hydroxylation is 1. The molecule has 0 spiro atoms. The summed E-state index contributed by atoms with van der Waals surface area (Å²) in [5.41, 5.74) is 6.43. The van der Waals surface area contributed by atoms with Crippen LogP contribution in [0.2, 0.25) is 0 Å². The van der Waals surface area contributed by atoms with Gasteiger partial charge in [0.1, 0.15) is 5.82 Å². The number of anilines is 1. The standard InChI is InChI=1S/C11H13N3O/c1-3-5-9(12)11(15)14-10-8(2)6-4-7-13-10/h1,4,6-7,9H,5,12H2,2H3,(H,13,14,15). The molecule has 0 fully saturated rings. The van der Waals surface area contributed by atoms with Crippen molar-refractivity contribution in [3.63, 3.8) is 0 Å². The first kappa shape index (κ1) is 11.2. The highest BCUT2D eigenvalue weighted by Gasteiger charge is 2.13. The van der Waals surface area contributed by atoms with E-state index in [9.17, 15) is 4.79 Å². The summed E-state index contributed by atoms with van der Waals surface area (Å²) in [7, 11) is 0. The molecule has 1 aromatic heterocycles. The van der Waals surface area contributed by atoms with Crippen molar-refractivity contribution in [1.29, 1.82) is 0 Å². The number of rotatable bonds is 3. The monoisotopic (exact) mass is 203 g/mol. The number of nitrogens with zero attached hydrogens (tertiary/aromatic N) is 1. The van der Waals surface area contributed by atoms with Gasteiger partial charge < -0.3 is 11.1 Å². The van der Waals surface area contributed by atoms with Crippen molar-refractivity contribution >= 4 is 11.7 Å². The van der Waals surface area contributed by atoms with E-state index in [0.29, 0.717) is 5.82 Å². The number of aromatic nitrogens is 1. The molecule has 1 aromatic rings. The Hall–Kier alpha value is -1.86. The second-order valence-corrected chi connectivity index (χ2v) is 3.17. The van der Waals surface area contributed by atoms with Crippen LogP contribution in [0.4, 0.5) is 5.82 Å². The van der Waals surface area contributed by atoms with E-state index in [1.807, 2.05) is 13.0 Å². The fourth-order valence-corrected chi connectivity index (χ4v) is 1.05. The lowest BCUT2D eigenvalue weighted by Crippen LogP contribution is -2.35. The van der Waals surface area contributed by atoms with E-state index >= 15 is 0 Å². The molecule has 78 valence electrons. The molecule has 1 amide bonds. The molecule has 3 N–H and O–H groups in total. The molecule has 15 heavy (non-hydrogen) atoms. The topological polar surface area (TPSA) is 68.0 Å². The Morgan fingerprint density at radius 3 is 3.13 bits per heavy atom. The molecule has 0 radical (unpaired) electrons. The fourth-order valence-electron chi connectivity index (χ4n) is 1.05. The number of carbonyl (C=O) groups excluding carboxylic acids is 1. The number of pyridine rings is 1. The summed E-state index contributed by atoms with van der Waals surface area (Å²) in [6, 6.07) is 2.97. The van der Waals surface area contributed by atoms with Crippen molar-refractivity contribution in [3.8, 4) is 12.3 Å². The summed E-state index contributed by atoms with van der Waals surface area (Å²) in [5.74, 6) is 2.56. The maximum absolute atomic E-state index is 11.5. The van der Waals surface area contributed by atoms with E-state index < -0.39 is 6.04 Å². The maximum Gasteiger partial charge on any atom is 0.243 e. The minimum Gasteiger partial charge on any atom is -0.319 e. The van der Waals surface area contributed by atoms with Crippen LogP contribution >= 0.6 is 0 Å². The van der Waals surface area contributed by atoms with Crippen LogP contribution in [0.25, 0.3) is 0 Å². The summed E-state index contributed by atoms with van der Waals surface area (Å²) >= 11 is 0. The largest absolute Gasteiger partial charge is 0.319 e. The number of terminal acetylenes is 1. The minimum atomic E-state index is -0.684. The van der Waals surface area contributed by atoms with Gasteiger partial charge in [0.2, 0.25) is 5.91 Å².